The molecule has 0 aliphatic carbocycles. The van der Waals surface area contributed by atoms with Crippen LogP contribution in [0.1, 0.15) is 35.1 Å². The Morgan fingerprint density at radius 3 is 2.71 bits per heavy atom. The molecule has 1 atom stereocenters. The monoisotopic (exact) mass is 326 g/mol. The minimum Gasteiger partial charge on any atom is -0.319 e. The molecule has 6 nitrogen and oxygen atoms in total. The molecule has 2 aromatic rings. The summed E-state index contributed by atoms with van der Waals surface area (Å²) in [6, 6.07) is 1.70. The van der Waals surface area contributed by atoms with Gasteiger partial charge in [-0.25, -0.2) is 8.42 Å². The number of aromatic nitrogens is 3. The number of sulfonamides is 1. The number of rotatable bonds is 3. The maximum absolute atomic E-state index is 13.0. The van der Waals surface area contributed by atoms with E-state index in [9.17, 15) is 8.42 Å². The first-order valence-corrected chi connectivity index (χ1v) is 9.09. The molecular formula is C13H18N4O2S2. The molecule has 21 heavy (non-hydrogen) atoms. The molecule has 0 saturated carbocycles. The third-order valence-corrected chi connectivity index (χ3v) is 7.46. The van der Waals surface area contributed by atoms with E-state index in [1.54, 1.807) is 15.2 Å². The molecule has 2 aromatic heterocycles. The van der Waals surface area contributed by atoms with Gasteiger partial charge in [-0.2, -0.15) is 4.31 Å². The Balaban J connectivity index is 2.02. The van der Waals surface area contributed by atoms with Crippen LogP contribution in [0.2, 0.25) is 0 Å². The highest BCUT2D eigenvalue weighted by Crippen LogP contribution is 2.38. The molecule has 114 valence electrons. The molecule has 0 aromatic carbocycles. The van der Waals surface area contributed by atoms with Gasteiger partial charge in [-0.1, -0.05) is 0 Å². The van der Waals surface area contributed by atoms with Crippen LogP contribution in [0.25, 0.3) is 0 Å². The molecule has 1 saturated heterocycles. The van der Waals surface area contributed by atoms with Crippen molar-refractivity contribution in [1.29, 1.82) is 0 Å². The molecule has 1 aliphatic rings. The third-order valence-electron chi connectivity index (χ3n) is 3.79. The fraction of sp³-hybridized carbons (Fsp3) is 0.538. The second-order valence-corrected chi connectivity index (χ2v) is 8.74. The fourth-order valence-corrected chi connectivity index (χ4v) is 6.30. The van der Waals surface area contributed by atoms with E-state index in [0.29, 0.717) is 16.6 Å². The number of aryl methyl sites for hydroxylation is 3. The fourth-order valence-electron chi connectivity index (χ4n) is 2.86. The maximum atomic E-state index is 13.0. The summed E-state index contributed by atoms with van der Waals surface area (Å²) >= 11 is 1.34. The zero-order valence-corrected chi connectivity index (χ0v) is 13.9. The first-order valence-electron chi connectivity index (χ1n) is 6.84. The summed E-state index contributed by atoms with van der Waals surface area (Å²) in [5, 5.41) is 7.96. The SMILES string of the molecule is Cc1cc(C)c(S(=O)(=O)N2CCC[C@H]2c2nncn2C)s1. The highest BCUT2D eigenvalue weighted by molar-refractivity contribution is 7.91. The van der Waals surface area contributed by atoms with Crippen molar-refractivity contribution in [3.8, 4) is 0 Å². The van der Waals surface area contributed by atoms with Crippen molar-refractivity contribution in [1.82, 2.24) is 19.1 Å². The molecule has 3 rings (SSSR count). The lowest BCUT2D eigenvalue weighted by Gasteiger charge is -2.22. The highest BCUT2D eigenvalue weighted by atomic mass is 32.2. The summed E-state index contributed by atoms with van der Waals surface area (Å²) in [6.07, 6.45) is 3.24. The Morgan fingerprint density at radius 2 is 2.14 bits per heavy atom. The third kappa shape index (κ3) is 2.41. The average molecular weight is 326 g/mol. The molecule has 0 N–H and O–H groups in total. The number of hydrogen-bond donors (Lipinski definition) is 0. The van der Waals surface area contributed by atoms with E-state index in [2.05, 4.69) is 10.2 Å². The van der Waals surface area contributed by atoms with Gasteiger partial charge in [-0.3, -0.25) is 0 Å². The smallest absolute Gasteiger partial charge is 0.253 e. The second kappa shape index (κ2) is 5.19. The first kappa shape index (κ1) is 14.7. The summed E-state index contributed by atoms with van der Waals surface area (Å²) < 4.78 is 29.8. The molecule has 0 bridgehead atoms. The molecular weight excluding hydrogens is 308 g/mol. The summed E-state index contributed by atoms with van der Waals surface area (Å²) in [5.41, 5.74) is 0.820. The Labute approximate surface area is 128 Å². The van der Waals surface area contributed by atoms with E-state index >= 15 is 0 Å². The standard InChI is InChI=1S/C13H18N4O2S2/c1-9-7-10(2)20-13(9)21(18,19)17-6-4-5-11(17)12-15-14-8-16(12)3/h7-8,11H,4-6H2,1-3H3/t11-/m0/s1. The normalized spacial score (nSPS) is 20.2. The van der Waals surface area contributed by atoms with Crippen molar-refractivity contribution in [2.24, 2.45) is 7.05 Å². The van der Waals surface area contributed by atoms with Crippen molar-refractivity contribution in [2.75, 3.05) is 6.54 Å². The van der Waals surface area contributed by atoms with Gasteiger partial charge in [0, 0.05) is 18.5 Å². The predicted molar refractivity (Wildman–Crippen MR) is 80.7 cm³/mol. The van der Waals surface area contributed by atoms with Crippen molar-refractivity contribution in [3.05, 3.63) is 28.7 Å². The molecule has 8 heteroatoms. The molecule has 3 heterocycles. The zero-order chi connectivity index (χ0) is 15.2. The van der Waals surface area contributed by atoms with Gasteiger partial charge in [0.2, 0.25) is 0 Å². The van der Waals surface area contributed by atoms with Gasteiger partial charge in [-0.05, 0) is 38.3 Å². The lowest BCUT2D eigenvalue weighted by atomic mass is 10.2. The molecule has 0 unspecified atom stereocenters. The van der Waals surface area contributed by atoms with Gasteiger partial charge in [-0.15, -0.1) is 21.5 Å². The van der Waals surface area contributed by atoms with Crippen molar-refractivity contribution < 1.29 is 8.42 Å². The highest BCUT2D eigenvalue weighted by Gasteiger charge is 2.39. The Hall–Kier alpha value is -1.25. The van der Waals surface area contributed by atoms with E-state index < -0.39 is 10.0 Å². The van der Waals surface area contributed by atoms with Gasteiger partial charge in [0.1, 0.15) is 10.5 Å². The van der Waals surface area contributed by atoms with Crippen LogP contribution in [0, 0.1) is 13.8 Å². The van der Waals surface area contributed by atoms with Gasteiger partial charge in [0.25, 0.3) is 10.0 Å². The topological polar surface area (TPSA) is 68.1 Å². The Morgan fingerprint density at radius 1 is 1.38 bits per heavy atom. The number of thiophene rings is 1. The lowest BCUT2D eigenvalue weighted by Crippen LogP contribution is -2.31. The lowest BCUT2D eigenvalue weighted by molar-refractivity contribution is 0.377. The van der Waals surface area contributed by atoms with Crippen LogP contribution < -0.4 is 0 Å². The minimum absolute atomic E-state index is 0.218. The maximum Gasteiger partial charge on any atom is 0.253 e. The largest absolute Gasteiger partial charge is 0.319 e. The molecule has 0 amide bonds. The quantitative estimate of drug-likeness (QED) is 0.865. The zero-order valence-electron chi connectivity index (χ0n) is 12.3. The van der Waals surface area contributed by atoms with Gasteiger partial charge in [0.15, 0.2) is 5.82 Å². The minimum atomic E-state index is -3.47. The summed E-state index contributed by atoms with van der Waals surface area (Å²) in [6.45, 7) is 4.32. The van der Waals surface area contributed by atoms with Crippen LogP contribution in [-0.2, 0) is 17.1 Å². The second-order valence-electron chi connectivity index (χ2n) is 5.40. The van der Waals surface area contributed by atoms with Crippen LogP contribution in [0.4, 0.5) is 0 Å². The predicted octanol–water partition coefficient (Wildman–Crippen LogP) is 2.02. The Bertz CT molecular complexity index is 763. The number of hydrogen-bond acceptors (Lipinski definition) is 5. The summed E-state index contributed by atoms with van der Waals surface area (Å²) in [5.74, 6) is 0.710. The summed E-state index contributed by atoms with van der Waals surface area (Å²) in [4.78, 5) is 1.01. The molecule has 0 spiro atoms. The van der Waals surface area contributed by atoms with Gasteiger partial charge < -0.3 is 4.57 Å². The van der Waals surface area contributed by atoms with E-state index in [0.717, 1.165) is 23.3 Å². The molecule has 1 aliphatic heterocycles. The average Bonchev–Trinajstić information content (AvgIpc) is 3.08. The van der Waals surface area contributed by atoms with Crippen molar-refractivity contribution >= 4 is 21.4 Å². The van der Waals surface area contributed by atoms with Crippen LogP contribution in [-0.4, -0.2) is 34.0 Å². The van der Waals surface area contributed by atoms with Crippen molar-refractivity contribution in [2.45, 2.75) is 36.9 Å². The van der Waals surface area contributed by atoms with Crippen LogP contribution in [0.3, 0.4) is 0 Å². The first-order chi connectivity index (χ1) is 9.91. The van der Waals surface area contributed by atoms with Crippen LogP contribution in [0.15, 0.2) is 16.6 Å². The summed E-state index contributed by atoms with van der Waals surface area (Å²) in [7, 11) is -1.62. The van der Waals surface area contributed by atoms with E-state index in [1.807, 2.05) is 27.0 Å². The van der Waals surface area contributed by atoms with Crippen LogP contribution in [0.5, 0.6) is 0 Å². The molecule has 1 fully saturated rings. The Kier molecular flexibility index (Phi) is 3.62. The molecule has 0 radical (unpaired) electrons. The van der Waals surface area contributed by atoms with E-state index in [-0.39, 0.29) is 6.04 Å². The van der Waals surface area contributed by atoms with Crippen LogP contribution >= 0.6 is 11.3 Å². The van der Waals surface area contributed by atoms with Crippen molar-refractivity contribution in [3.63, 3.8) is 0 Å². The number of nitrogens with zero attached hydrogens (tertiary/aromatic N) is 4. The van der Waals surface area contributed by atoms with E-state index in [4.69, 9.17) is 0 Å². The van der Waals surface area contributed by atoms with E-state index in [1.165, 1.54) is 11.3 Å². The van der Waals surface area contributed by atoms with Gasteiger partial charge in [0.05, 0.1) is 6.04 Å². The van der Waals surface area contributed by atoms with Gasteiger partial charge >= 0.3 is 0 Å².